The van der Waals surface area contributed by atoms with Gasteiger partial charge in [0, 0.05) is 6.20 Å². The highest BCUT2D eigenvalue weighted by Crippen LogP contribution is 2.13. The number of carboxylic acids is 1. The Balaban J connectivity index is 2.31. The first-order valence-corrected chi connectivity index (χ1v) is 4.57. The van der Waals surface area contributed by atoms with Crippen molar-refractivity contribution in [3.63, 3.8) is 0 Å². The number of carboxylic acid groups (broad SMARTS) is 1. The zero-order valence-electron chi connectivity index (χ0n) is 8.25. The summed E-state index contributed by atoms with van der Waals surface area (Å²) in [6.07, 6.45) is 3.03. The number of aromatic carboxylic acids is 1. The summed E-state index contributed by atoms with van der Waals surface area (Å²) in [7, 11) is 0. The summed E-state index contributed by atoms with van der Waals surface area (Å²) in [6, 6.07) is 6.79. The molecule has 0 aliphatic heterocycles. The van der Waals surface area contributed by atoms with Crippen LogP contribution in [0.25, 0.3) is 0 Å². The second-order valence-electron chi connectivity index (χ2n) is 3.20. The van der Waals surface area contributed by atoms with Crippen molar-refractivity contribution in [1.29, 1.82) is 5.26 Å². The van der Waals surface area contributed by atoms with E-state index in [1.54, 1.807) is 22.9 Å². The van der Waals surface area contributed by atoms with Gasteiger partial charge in [-0.2, -0.15) is 5.26 Å². The van der Waals surface area contributed by atoms with E-state index in [0.717, 1.165) is 0 Å². The Morgan fingerprint density at radius 3 is 3.06 bits per heavy atom. The van der Waals surface area contributed by atoms with Gasteiger partial charge in [-0.25, -0.2) is 4.79 Å². The van der Waals surface area contributed by atoms with Crippen molar-refractivity contribution in [3.8, 4) is 6.07 Å². The van der Waals surface area contributed by atoms with Gasteiger partial charge in [-0.15, -0.1) is 0 Å². The summed E-state index contributed by atoms with van der Waals surface area (Å²) >= 11 is 0. The molecule has 0 amide bonds. The van der Waals surface area contributed by atoms with Crippen LogP contribution < -0.4 is 0 Å². The van der Waals surface area contributed by atoms with Gasteiger partial charge in [0.25, 0.3) is 0 Å². The molecular formula is C11H8N2O3. The molecule has 0 saturated heterocycles. The van der Waals surface area contributed by atoms with Crippen LogP contribution >= 0.6 is 0 Å². The molecule has 80 valence electrons. The van der Waals surface area contributed by atoms with Gasteiger partial charge in [-0.1, -0.05) is 0 Å². The second-order valence-corrected chi connectivity index (χ2v) is 3.20. The SMILES string of the molecule is N#Cc1cccn1Cc1occc1C(=O)O. The number of furan rings is 1. The van der Waals surface area contributed by atoms with E-state index in [0.29, 0.717) is 11.5 Å². The number of nitriles is 1. The fourth-order valence-corrected chi connectivity index (χ4v) is 1.46. The molecule has 0 bridgehead atoms. The monoisotopic (exact) mass is 216 g/mol. The van der Waals surface area contributed by atoms with Crippen LogP contribution in [0.2, 0.25) is 0 Å². The van der Waals surface area contributed by atoms with E-state index in [9.17, 15) is 4.79 Å². The zero-order valence-corrected chi connectivity index (χ0v) is 8.25. The minimum absolute atomic E-state index is 0.123. The van der Waals surface area contributed by atoms with Crippen molar-refractivity contribution < 1.29 is 14.3 Å². The fourth-order valence-electron chi connectivity index (χ4n) is 1.46. The molecule has 0 unspecified atom stereocenters. The molecule has 0 aromatic carbocycles. The number of rotatable bonds is 3. The van der Waals surface area contributed by atoms with Crippen molar-refractivity contribution in [1.82, 2.24) is 4.57 Å². The van der Waals surface area contributed by atoms with Crippen molar-refractivity contribution >= 4 is 5.97 Å². The van der Waals surface area contributed by atoms with Crippen LogP contribution in [0, 0.1) is 11.3 Å². The van der Waals surface area contributed by atoms with Crippen molar-refractivity contribution in [3.05, 3.63) is 47.7 Å². The average molecular weight is 216 g/mol. The fraction of sp³-hybridized carbons (Fsp3) is 0.0909. The number of carbonyl (C=O) groups is 1. The largest absolute Gasteiger partial charge is 0.478 e. The topological polar surface area (TPSA) is 79.2 Å². The maximum Gasteiger partial charge on any atom is 0.339 e. The molecule has 16 heavy (non-hydrogen) atoms. The van der Waals surface area contributed by atoms with E-state index in [-0.39, 0.29) is 12.1 Å². The lowest BCUT2D eigenvalue weighted by Gasteiger charge is -2.02. The summed E-state index contributed by atoms with van der Waals surface area (Å²) < 4.78 is 6.72. The molecule has 5 nitrogen and oxygen atoms in total. The first-order valence-electron chi connectivity index (χ1n) is 4.57. The van der Waals surface area contributed by atoms with E-state index in [1.165, 1.54) is 12.3 Å². The lowest BCUT2D eigenvalue weighted by molar-refractivity contribution is 0.0694. The summed E-state index contributed by atoms with van der Waals surface area (Å²) in [5.74, 6) is -0.699. The Kier molecular flexibility index (Phi) is 2.48. The van der Waals surface area contributed by atoms with Crippen LogP contribution in [0.1, 0.15) is 21.8 Å². The van der Waals surface area contributed by atoms with Gasteiger partial charge in [-0.3, -0.25) is 0 Å². The molecule has 0 spiro atoms. The average Bonchev–Trinajstić information content (AvgIpc) is 2.86. The Morgan fingerprint density at radius 1 is 1.56 bits per heavy atom. The highest BCUT2D eigenvalue weighted by molar-refractivity contribution is 5.88. The summed E-state index contributed by atoms with van der Waals surface area (Å²) in [4.78, 5) is 10.8. The van der Waals surface area contributed by atoms with Crippen LogP contribution in [0.3, 0.4) is 0 Å². The summed E-state index contributed by atoms with van der Waals surface area (Å²) in [6.45, 7) is 0.241. The normalized spacial score (nSPS) is 9.94. The quantitative estimate of drug-likeness (QED) is 0.846. The highest BCUT2D eigenvalue weighted by Gasteiger charge is 2.14. The molecule has 2 rings (SSSR count). The summed E-state index contributed by atoms with van der Waals surface area (Å²) in [5.41, 5.74) is 0.588. The minimum atomic E-state index is -1.03. The predicted molar refractivity (Wildman–Crippen MR) is 53.9 cm³/mol. The molecule has 0 radical (unpaired) electrons. The lowest BCUT2D eigenvalue weighted by Crippen LogP contribution is -2.05. The van der Waals surface area contributed by atoms with Gasteiger partial charge in [-0.05, 0) is 18.2 Å². The van der Waals surface area contributed by atoms with Crippen LogP contribution in [0.5, 0.6) is 0 Å². The van der Waals surface area contributed by atoms with Crippen molar-refractivity contribution in [2.45, 2.75) is 6.54 Å². The van der Waals surface area contributed by atoms with E-state index in [4.69, 9.17) is 14.8 Å². The predicted octanol–water partition coefficient (Wildman–Crippen LogP) is 1.70. The van der Waals surface area contributed by atoms with Gasteiger partial charge < -0.3 is 14.1 Å². The standard InChI is InChI=1S/C11H8N2O3/c12-6-8-2-1-4-13(8)7-10-9(11(14)15)3-5-16-10/h1-5H,7H2,(H,14,15). The number of hydrogen-bond acceptors (Lipinski definition) is 3. The highest BCUT2D eigenvalue weighted by atomic mass is 16.4. The first kappa shape index (κ1) is 10.1. The van der Waals surface area contributed by atoms with Gasteiger partial charge in [0.05, 0.1) is 12.8 Å². The van der Waals surface area contributed by atoms with Crippen LogP contribution in [0.4, 0.5) is 0 Å². The Bertz CT molecular complexity index is 560. The third-order valence-corrected chi connectivity index (χ3v) is 2.23. The Morgan fingerprint density at radius 2 is 2.38 bits per heavy atom. The van der Waals surface area contributed by atoms with Crippen LogP contribution in [0.15, 0.2) is 35.1 Å². The third-order valence-electron chi connectivity index (χ3n) is 2.23. The van der Waals surface area contributed by atoms with Gasteiger partial charge in [0.1, 0.15) is 23.1 Å². The molecule has 0 fully saturated rings. The maximum absolute atomic E-state index is 10.8. The molecule has 2 aromatic rings. The third kappa shape index (κ3) is 1.68. The van der Waals surface area contributed by atoms with Crippen LogP contribution in [-0.4, -0.2) is 15.6 Å². The molecule has 0 atom stereocenters. The van der Waals surface area contributed by atoms with E-state index < -0.39 is 5.97 Å². The van der Waals surface area contributed by atoms with E-state index in [2.05, 4.69) is 0 Å². The minimum Gasteiger partial charge on any atom is -0.478 e. The summed E-state index contributed by atoms with van der Waals surface area (Å²) in [5, 5.41) is 17.7. The van der Waals surface area contributed by atoms with Gasteiger partial charge >= 0.3 is 5.97 Å². The van der Waals surface area contributed by atoms with Crippen LogP contribution in [-0.2, 0) is 6.54 Å². The molecule has 0 saturated carbocycles. The smallest absolute Gasteiger partial charge is 0.339 e. The van der Waals surface area contributed by atoms with Crippen molar-refractivity contribution in [2.75, 3.05) is 0 Å². The van der Waals surface area contributed by atoms with Crippen molar-refractivity contribution in [2.24, 2.45) is 0 Å². The Hall–Kier alpha value is -2.48. The lowest BCUT2D eigenvalue weighted by atomic mass is 10.2. The zero-order chi connectivity index (χ0) is 11.5. The molecular weight excluding hydrogens is 208 g/mol. The number of hydrogen-bond donors (Lipinski definition) is 1. The molecule has 0 aliphatic rings. The van der Waals surface area contributed by atoms with Gasteiger partial charge in [0.15, 0.2) is 0 Å². The van der Waals surface area contributed by atoms with E-state index >= 15 is 0 Å². The Labute approximate surface area is 91.1 Å². The molecule has 2 heterocycles. The molecule has 1 N–H and O–H groups in total. The molecule has 2 aromatic heterocycles. The first-order chi connectivity index (χ1) is 7.72. The van der Waals surface area contributed by atoms with E-state index in [1.807, 2.05) is 6.07 Å². The number of nitrogens with zero attached hydrogens (tertiary/aromatic N) is 2. The molecule has 5 heteroatoms. The maximum atomic E-state index is 10.8. The second kappa shape index (κ2) is 3.95. The molecule has 0 aliphatic carbocycles. The number of aromatic nitrogens is 1. The van der Waals surface area contributed by atoms with Gasteiger partial charge in [0.2, 0.25) is 0 Å².